The lowest BCUT2D eigenvalue weighted by atomic mass is 9.98. The summed E-state index contributed by atoms with van der Waals surface area (Å²) < 4.78 is 44.4. The number of halogens is 3. The largest absolute Gasteiger partial charge is 0.389 e. The van der Waals surface area contributed by atoms with Crippen molar-refractivity contribution in [3.63, 3.8) is 0 Å². The van der Waals surface area contributed by atoms with Crippen molar-refractivity contribution in [1.82, 2.24) is 0 Å². The van der Waals surface area contributed by atoms with Gasteiger partial charge in [0.25, 0.3) is 0 Å². The maximum atomic E-state index is 13.0. The Morgan fingerprint density at radius 3 is 2.38 bits per heavy atom. The van der Waals surface area contributed by atoms with Gasteiger partial charge < -0.3 is 15.2 Å². The van der Waals surface area contributed by atoms with Crippen LogP contribution in [0.15, 0.2) is 12.1 Å². The molecule has 0 amide bonds. The van der Waals surface area contributed by atoms with Crippen LogP contribution in [0.5, 0.6) is 0 Å². The van der Waals surface area contributed by atoms with Gasteiger partial charge in [-0.25, -0.2) is 13.2 Å². The minimum absolute atomic E-state index is 0.0806. The second-order valence-corrected chi connectivity index (χ2v) is 5.38. The Morgan fingerprint density at radius 2 is 1.76 bits per heavy atom. The molecule has 6 heteroatoms. The van der Waals surface area contributed by atoms with E-state index in [1.54, 1.807) is 0 Å². The van der Waals surface area contributed by atoms with E-state index in [4.69, 9.17) is 4.74 Å². The van der Waals surface area contributed by atoms with Crippen LogP contribution in [-0.2, 0) is 4.74 Å². The summed E-state index contributed by atoms with van der Waals surface area (Å²) in [5.74, 6) is -4.02. The molecule has 1 aliphatic carbocycles. The molecule has 1 saturated carbocycles. The van der Waals surface area contributed by atoms with E-state index in [9.17, 15) is 18.3 Å². The first kappa shape index (κ1) is 16.1. The monoisotopic (exact) mass is 303 g/mol. The number of hydrogen-bond acceptors (Lipinski definition) is 3. The number of aliphatic hydroxyl groups excluding tert-OH is 1. The van der Waals surface area contributed by atoms with E-state index < -0.39 is 23.6 Å². The highest BCUT2D eigenvalue weighted by molar-refractivity contribution is 5.44. The van der Waals surface area contributed by atoms with E-state index in [2.05, 4.69) is 5.32 Å². The Hall–Kier alpha value is -1.27. The second-order valence-electron chi connectivity index (χ2n) is 5.38. The molecule has 0 aliphatic heterocycles. The van der Waals surface area contributed by atoms with Gasteiger partial charge in [-0.1, -0.05) is 19.3 Å². The van der Waals surface area contributed by atoms with E-state index in [0.717, 1.165) is 37.8 Å². The standard InChI is InChI=1S/C15H20F3NO2/c16-13-6-10(7-14(17)15(13)18)19-8-11(20)9-21-12-4-2-1-3-5-12/h6-7,11-12,19-20H,1-5,8-9H2. The molecule has 1 aromatic carbocycles. The molecule has 2 N–H and O–H groups in total. The van der Waals surface area contributed by atoms with Crippen LogP contribution in [0.1, 0.15) is 32.1 Å². The summed E-state index contributed by atoms with van der Waals surface area (Å²) in [7, 11) is 0. The summed E-state index contributed by atoms with van der Waals surface area (Å²) in [5, 5.41) is 12.4. The Morgan fingerprint density at radius 1 is 1.14 bits per heavy atom. The first-order chi connectivity index (χ1) is 10.1. The first-order valence-corrected chi connectivity index (χ1v) is 7.24. The normalized spacial score (nSPS) is 17.7. The fraction of sp³-hybridized carbons (Fsp3) is 0.600. The molecular weight excluding hydrogens is 283 g/mol. The molecule has 1 atom stereocenters. The third-order valence-electron chi connectivity index (χ3n) is 3.60. The second kappa shape index (κ2) is 7.66. The van der Waals surface area contributed by atoms with Gasteiger partial charge in [0, 0.05) is 24.4 Å². The number of benzene rings is 1. The average Bonchev–Trinajstić information content (AvgIpc) is 2.49. The lowest BCUT2D eigenvalue weighted by Crippen LogP contribution is -2.28. The highest BCUT2D eigenvalue weighted by atomic mass is 19.2. The molecule has 21 heavy (non-hydrogen) atoms. The summed E-state index contributed by atoms with van der Waals surface area (Å²) in [6, 6.07) is 1.71. The van der Waals surface area contributed by atoms with Crippen molar-refractivity contribution < 1.29 is 23.0 Å². The molecule has 1 aliphatic rings. The molecule has 2 rings (SSSR count). The summed E-state index contributed by atoms with van der Waals surface area (Å²) in [5.41, 5.74) is 0.0862. The van der Waals surface area contributed by atoms with Crippen molar-refractivity contribution in [1.29, 1.82) is 0 Å². The van der Waals surface area contributed by atoms with Crippen LogP contribution >= 0.6 is 0 Å². The van der Waals surface area contributed by atoms with Gasteiger partial charge in [0.2, 0.25) is 0 Å². The number of rotatable bonds is 6. The van der Waals surface area contributed by atoms with E-state index in [1.807, 2.05) is 0 Å². The van der Waals surface area contributed by atoms with Crippen LogP contribution in [0, 0.1) is 17.5 Å². The van der Waals surface area contributed by atoms with Crippen molar-refractivity contribution in [3.8, 4) is 0 Å². The molecule has 0 spiro atoms. The molecule has 1 unspecified atom stereocenters. The van der Waals surface area contributed by atoms with Gasteiger partial charge in [0.1, 0.15) is 0 Å². The van der Waals surface area contributed by atoms with Gasteiger partial charge >= 0.3 is 0 Å². The van der Waals surface area contributed by atoms with E-state index >= 15 is 0 Å². The molecule has 3 nitrogen and oxygen atoms in total. The van der Waals surface area contributed by atoms with Crippen molar-refractivity contribution in [3.05, 3.63) is 29.6 Å². The third kappa shape index (κ3) is 4.89. The molecule has 0 saturated heterocycles. The van der Waals surface area contributed by atoms with Crippen LogP contribution < -0.4 is 5.32 Å². The Balaban J connectivity index is 1.74. The minimum Gasteiger partial charge on any atom is -0.389 e. The van der Waals surface area contributed by atoms with Crippen molar-refractivity contribution in [2.45, 2.75) is 44.3 Å². The summed E-state index contributed by atoms with van der Waals surface area (Å²) in [6.07, 6.45) is 4.94. The van der Waals surface area contributed by atoms with Gasteiger partial charge in [-0.15, -0.1) is 0 Å². The lowest BCUT2D eigenvalue weighted by molar-refractivity contribution is -0.0195. The topological polar surface area (TPSA) is 41.5 Å². The third-order valence-corrected chi connectivity index (χ3v) is 3.60. The smallest absolute Gasteiger partial charge is 0.194 e. The Kier molecular flexibility index (Phi) is 5.87. The van der Waals surface area contributed by atoms with E-state index in [0.29, 0.717) is 0 Å². The number of anilines is 1. The van der Waals surface area contributed by atoms with Crippen LogP contribution in [0.4, 0.5) is 18.9 Å². The van der Waals surface area contributed by atoms with Crippen LogP contribution in [0.2, 0.25) is 0 Å². The Bertz CT molecular complexity index is 441. The number of hydrogen-bond donors (Lipinski definition) is 2. The zero-order chi connectivity index (χ0) is 15.2. The average molecular weight is 303 g/mol. The number of nitrogens with one attached hydrogen (secondary N) is 1. The molecule has 118 valence electrons. The summed E-state index contributed by atoms with van der Waals surface area (Å²) in [4.78, 5) is 0. The van der Waals surface area contributed by atoms with E-state index in [-0.39, 0.29) is 24.9 Å². The van der Waals surface area contributed by atoms with Gasteiger partial charge in [-0.2, -0.15) is 0 Å². The van der Waals surface area contributed by atoms with E-state index in [1.165, 1.54) is 6.42 Å². The first-order valence-electron chi connectivity index (χ1n) is 7.24. The van der Waals surface area contributed by atoms with Crippen LogP contribution in [0.3, 0.4) is 0 Å². The maximum Gasteiger partial charge on any atom is 0.194 e. The zero-order valence-electron chi connectivity index (χ0n) is 11.7. The fourth-order valence-corrected chi connectivity index (χ4v) is 2.43. The molecular formula is C15H20F3NO2. The van der Waals surface area contributed by atoms with Gasteiger partial charge in [0.05, 0.1) is 18.8 Å². The highest BCUT2D eigenvalue weighted by Crippen LogP contribution is 2.20. The highest BCUT2D eigenvalue weighted by Gasteiger charge is 2.16. The van der Waals surface area contributed by atoms with Gasteiger partial charge in [0.15, 0.2) is 17.5 Å². The Labute approximate surface area is 122 Å². The van der Waals surface area contributed by atoms with Crippen molar-refractivity contribution in [2.24, 2.45) is 0 Å². The summed E-state index contributed by atoms with van der Waals surface area (Å²) >= 11 is 0. The molecule has 0 heterocycles. The quantitative estimate of drug-likeness (QED) is 0.793. The lowest BCUT2D eigenvalue weighted by Gasteiger charge is -2.23. The SMILES string of the molecule is OC(CNc1cc(F)c(F)c(F)c1)COC1CCCCC1. The van der Waals surface area contributed by atoms with Crippen molar-refractivity contribution >= 4 is 5.69 Å². The molecule has 1 fully saturated rings. The van der Waals surface area contributed by atoms with Crippen LogP contribution in [0.25, 0.3) is 0 Å². The maximum absolute atomic E-state index is 13.0. The fourth-order valence-electron chi connectivity index (χ4n) is 2.43. The van der Waals surface area contributed by atoms with Crippen LogP contribution in [-0.4, -0.2) is 30.5 Å². The molecule has 0 bridgehead atoms. The number of ether oxygens (including phenoxy) is 1. The molecule has 1 aromatic rings. The predicted molar refractivity (Wildman–Crippen MR) is 73.6 cm³/mol. The van der Waals surface area contributed by atoms with Crippen molar-refractivity contribution in [2.75, 3.05) is 18.5 Å². The van der Waals surface area contributed by atoms with Gasteiger partial charge in [-0.05, 0) is 12.8 Å². The summed E-state index contributed by atoms with van der Waals surface area (Å²) in [6.45, 7) is 0.251. The predicted octanol–water partition coefficient (Wildman–Crippen LogP) is 3.23. The van der Waals surface area contributed by atoms with Gasteiger partial charge in [-0.3, -0.25) is 0 Å². The molecule has 0 radical (unpaired) electrons. The molecule has 0 aromatic heterocycles. The number of aliphatic hydroxyl groups is 1. The minimum atomic E-state index is -1.50. The zero-order valence-corrected chi connectivity index (χ0v) is 11.7.